The van der Waals surface area contributed by atoms with Gasteiger partial charge in [0.05, 0.1) is 11.3 Å². The van der Waals surface area contributed by atoms with Crippen LogP contribution in [-0.2, 0) is 16.0 Å². The monoisotopic (exact) mass is 534 g/mol. The smallest absolute Gasteiger partial charge is 0.344 e. The highest BCUT2D eigenvalue weighted by Gasteiger charge is 2.42. The van der Waals surface area contributed by atoms with Crippen LogP contribution in [0.3, 0.4) is 0 Å². The number of carbonyl (C=O) groups is 2. The van der Waals surface area contributed by atoms with E-state index in [0.717, 1.165) is 18.3 Å². The lowest BCUT2D eigenvalue weighted by Gasteiger charge is -2.23. The van der Waals surface area contributed by atoms with Gasteiger partial charge in [0.15, 0.2) is 5.13 Å². The Kier molecular flexibility index (Phi) is 10.4. The molecule has 2 rings (SSSR count). The van der Waals surface area contributed by atoms with Gasteiger partial charge in [-0.1, -0.05) is 45.5 Å². The molecular weight excluding hydrogens is 503 g/mol. The highest BCUT2D eigenvalue weighted by molar-refractivity contribution is 7.15. The van der Waals surface area contributed by atoms with Gasteiger partial charge in [0.25, 0.3) is 0 Å². The van der Waals surface area contributed by atoms with Crippen molar-refractivity contribution in [1.82, 2.24) is 15.6 Å². The number of aromatic nitrogens is 1. The van der Waals surface area contributed by atoms with Crippen molar-refractivity contribution in [2.24, 2.45) is 5.41 Å². The van der Waals surface area contributed by atoms with E-state index in [0.29, 0.717) is 30.2 Å². The van der Waals surface area contributed by atoms with Gasteiger partial charge in [-0.15, -0.1) is 0 Å². The molecule has 12 heteroatoms. The second-order valence-corrected chi connectivity index (χ2v) is 10.7. The third-order valence-corrected chi connectivity index (χ3v) is 6.08. The summed E-state index contributed by atoms with van der Waals surface area (Å²) in [5.41, 5.74) is -0.0419. The zero-order chi connectivity index (χ0) is 27.1. The Morgan fingerprint density at radius 1 is 1.08 bits per heavy atom. The third-order valence-electron chi connectivity index (χ3n) is 5.11. The molecule has 2 aromatic rings. The van der Waals surface area contributed by atoms with Gasteiger partial charge in [0, 0.05) is 12.3 Å². The molecule has 0 saturated carbocycles. The summed E-state index contributed by atoms with van der Waals surface area (Å²) in [5.74, 6) is -2.94. The molecule has 36 heavy (non-hydrogen) atoms. The maximum absolute atomic E-state index is 13.6. The molecule has 0 bridgehead atoms. The van der Waals surface area contributed by atoms with Gasteiger partial charge < -0.3 is 16.0 Å². The fraction of sp³-hybridized carbons (Fsp3) is 0.542. The van der Waals surface area contributed by atoms with Crippen LogP contribution in [0.15, 0.2) is 24.4 Å². The van der Waals surface area contributed by atoms with E-state index in [-0.39, 0.29) is 40.4 Å². The zero-order valence-corrected chi connectivity index (χ0v) is 21.4. The lowest BCUT2D eigenvalue weighted by Crippen LogP contribution is -2.44. The number of anilines is 1. The highest BCUT2D eigenvalue weighted by atomic mass is 32.1. The molecule has 1 aromatic heterocycles. The molecule has 1 aromatic carbocycles. The van der Waals surface area contributed by atoms with E-state index in [1.165, 1.54) is 0 Å². The van der Waals surface area contributed by atoms with E-state index in [1.54, 1.807) is 6.92 Å². The minimum absolute atomic E-state index is 0.0376. The van der Waals surface area contributed by atoms with Crippen LogP contribution in [0.4, 0.5) is 27.1 Å². The van der Waals surface area contributed by atoms with Crippen LogP contribution in [0.5, 0.6) is 0 Å². The largest absolute Gasteiger partial charge is 0.408 e. The first-order chi connectivity index (χ1) is 16.7. The van der Waals surface area contributed by atoms with Crippen LogP contribution in [0.2, 0.25) is 0 Å². The van der Waals surface area contributed by atoms with Crippen LogP contribution in [-0.4, -0.2) is 35.6 Å². The van der Waals surface area contributed by atoms with Crippen molar-refractivity contribution in [3.8, 4) is 0 Å². The molecule has 0 aliphatic carbocycles. The van der Waals surface area contributed by atoms with Gasteiger partial charge in [-0.05, 0) is 42.5 Å². The molecule has 2 unspecified atom stereocenters. The van der Waals surface area contributed by atoms with Crippen molar-refractivity contribution < 1.29 is 31.5 Å². The Bertz CT molecular complexity index is 1020. The number of hydrogen-bond acceptors (Lipinski definition) is 5. The van der Waals surface area contributed by atoms with Crippen LogP contribution in [0, 0.1) is 17.0 Å². The lowest BCUT2D eigenvalue weighted by molar-refractivity contribution is -0.157. The first-order valence-electron chi connectivity index (χ1n) is 11.5. The minimum atomic E-state index is -4.55. The predicted octanol–water partition coefficient (Wildman–Crippen LogP) is 5.52. The van der Waals surface area contributed by atoms with Gasteiger partial charge in [0.2, 0.25) is 11.8 Å². The van der Waals surface area contributed by atoms with Crippen molar-refractivity contribution in [3.63, 3.8) is 0 Å². The fourth-order valence-electron chi connectivity index (χ4n) is 3.34. The average molecular weight is 535 g/mol. The molecule has 0 aliphatic heterocycles. The molecule has 0 aliphatic rings. The lowest BCUT2D eigenvalue weighted by atomic mass is 9.92. The zero-order valence-electron chi connectivity index (χ0n) is 20.6. The summed E-state index contributed by atoms with van der Waals surface area (Å²) in [6, 6.07) is -0.222. The number of benzene rings is 1. The van der Waals surface area contributed by atoms with Gasteiger partial charge >= 0.3 is 6.18 Å². The van der Waals surface area contributed by atoms with Crippen LogP contribution < -0.4 is 16.0 Å². The molecular formula is C24H31F5N4O2S. The van der Waals surface area contributed by atoms with E-state index in [2.05, 4.69) is 20.9 Å². The number of amides is 2. The number of nitrogens with one attached hydrogen (secondary N) is 3. The summed E-state index contributed by atoms with van der Waals surface area (Å²) in [4.78, 5) is 28.9. The topological polar surface area (TPSA) is 83.1 Å². The molecule has 2 amide bonds. The quantitative estimate of drug-likeness (QED) is 0.332. The van der Waals surface area contributed by atoms with Gasteiger partial charge in [-0.25, -0.2) is 13.8 Å². The molecule has 6 nitrogen and oxygen atoms in total. The molecule has 3 N–H and O–H groups in total. The molecule has 0 spiro atoms. The molecule has 0 saturated heterocycles. The predicted molar refractivity (Wildman–Crippen MR) is 129 cm³/mol. The van der Waals surface area contributed by atoms with E-state index < -0.39 is 41.7 Å². The van der Waals surface area contributed by atoms with E-state index in [1.807, 2.05) is 20.8 Å². The molecule has 2 atom stereocenters. The van der Waals surface area contributed by atoms with E-state index in [4.69, 9.17) is 0 Å². The molecule has 0 radical (unpaired) electrons. The minimum Gasteiger partial charge on any atom is -0.344 e. The summed E-state index contributed by atoms with van der Waals surface area (Å²) in [7, 11) is 0. The molecule has 0 fully saturated rings. The van der Waals surface area contributed by atoms with Gasteiger partial charge in [-0.3, -0.25) is 9.59 Å². The van der Waals surface area contributed by atoms with Crippen LogP contribution in [0.25, 0.3) is 0 Å². The summed E-state index contributed by atoms with van der Waals surface area (Å²) in [6.07, 6.45) is -2.55. The summed E-state index contributed by atoms with van der Waals surface area (Å²) >= 11 is 0.693. The maximum Gasteiger partial charge on any atom is 0.408 e. The second-order valence-electron chi connectivity index (χ2n) is 9.66. The number of hydrogen-bond donors (Lipinski definition) is 3. The summed E-state index contributed by atoms with van der Waals surface area (Å²) in [5, 5.41) is 7.45. The standard InChI is InChI=1S/C24H31F5N4O2S/c1-5-6-17(32-19(34)11-14-9-15(25)12-16(26)10-14)21(35)33-22-31-13-18(36-22)20(24(27,28)29)30-8-7-23(2,3)4/h9-10,12-13,17,20,30H,5-8,11H2,1-4H3,(H,32,34)(H,31,33,35). The van der Waals surface area contributed by atoms with E-state index >= 15 is 0 Å². The Morgan fingerprint density at radius 2 is 1.72 bits per heavy atom. The average Bonchev–Trinajstić information content (AvgIpc) is 3.16. The first kappa shape index (κ1) is 29.6. The Labute approximate surface area is 211 Å². The Balaban J connectivity index is 2.05. The van der Waals surface area contributed by atoms with Crippen molar-refractivity contribution in [2.45, 2.75) is 71.6 Å². The van der Waals surface area contributed by atoms with Crippen molar-refractivity contribution in [1.29, 1.82) is 0 Å². The third kappa shape index (κ3) is 9.81. The van der Waals surface area contributed by atoms with Crippen molar-refractivity contribution >= 4 is 28.3 Å². The summed E-state index contributed by atoms with van der Waals surface area (Å²) in [6.45, 7) is 7.72. The Hall–Kier alpha value is -2.60. The fourth-order valence-corrected chi connectivity index (χ4v) is 4.26. The molecule has 200 valence electrons. The van der Waals surface area contributed by atoms with Gasteiger partial charge in [0.1, 0.15) is 23.7 Å². The van der Waals surface area contributed by atoms with Gasteiger partial charge in [-0.2, -0.15) is 13.2 Å². The van der Waals surface area contributed by atoms with E-state index in [9.17, 15) is 31.5 Å². The van der Waals surface area contributed by atoms with Crippen LogP contribution >= 0.6 is 11.3 Å². The Morgan fingerprint density at radius 3 is 2.28 bits per heavy atom. The summed E-state index contributed by atoms with van der Waals surface area (Å²) < 4.78 is 67.6. The highest BCUT2D eigenvalue weighted by Crippen LogP contribution is 2.37. The van der Waals surface area contributed by atoms with Crippen molar-refractivity contribution in [3.05, 3.63) is 46.5 Å². The number of alkyl halides is 3. The number of halogens is 5. The maximum atomic E-state index is 13.6. The first-order valence-corrected chi connectivity index (χ1v) is 12.3. The second kappa shape index (κ2) is 12.6. The number of rotatable bonds is 11. The SMILES string of the molecule is CCCC(NC(=O)Cc1cc(F)cc(F)c1)C(=O)Nc1ncc(C(NCCC(C)(C)C)C(F)(F)F)s1. The molecule has 1 heterocycles. The van der Waals surface area contributed by atoms with Crippen molar-refractivity contribution in [2.75, 3.05) is 11.9 Å². The normalized spacial score (nSPS) is 13.8. The number of nitrogens with zero attached hydrogens (tertiary/aromatic N) is 1. The number of carbonyl (C=O) groups excluding carboxylic acids is 2. The number of thiazole rings is 1. The van der Waals surface area contributed by atoms with Crippen LogP contribution in [0.1, 0.15) is 63.4 Å².